The molecule has 0 aliphatic carbocycles. The number of hydrogen-bond acceptors (Lipinski definition) is 2. The topological polar surface area (TPSA) is 43.8 Å². The Morgan fingerprint density at radius 2 is 2.12 bits per heavy atom. The zero-order valence-electron chi connectivity index (χ0n) is 8.99. The first-order valence-electron chi connectivity index (χ1n) is 4.88. The number of aryl methyl sites for hydroxylation is 1. The van der Waals surface area contributed by atoms with Crippen LogP contribution in [0.1, 0.15) is 17.3 Å². The van der Waals surface area contributed by atoms with Crippen LogP contribution in [0.15, 0.2) is 24.4 Å². The van der Waals surface area contributed by atoms with Crippen molar-refractivity contribution in [1.82, 2.24) is 9.78 Å². The van der Waals surface area contributed by atoms with Crippen LogP contribution in [0.5, 0.6) is 0 Å². The summed E-state index contributed by atoms with van der Waals surface area (Å²) in [5.41, 5.74) is 6.83. The number of nitrogens with two attached hydrogens (primary N) is 1. The Morgan fingerprint density at radius 1 is 1.41 bits per heavy atom. The van der Waals surface area contributed by atoms with E-state index in [-0.39, 0.29) is 0 Å². The second-order valence-corrected chi connectivity index (χ2v) is 4.49. The van der Waals surface area contributed by atoms with E-state index in [1.807, 2.05) is 0 Å². The molecule has 0 bridgehead atoms. The van der Waals surface area contributed by atoms with Crippen molar-refractivity contribution in [2.45, 2.75) is 6.04 Å². The van der Waals surface area contributed by atoms with Gasteiger partial charge in [0.25, 0.3) is 0 Å². The quantitative estimate of drug-likeness (QED) is 0.915. The lowest BCUT2D eigenvalue weighted by Gasteiger charge is -2.14. The van der Waals surface area contributed by atoms with E-state index in [2.05, 4.69) is 5.10 Å². The fourth-order valence-electron chi connectivity index (χ4n) is 1.67. The molecule has 3 nitrogen and oxygen atoms in total. The van der Waals surface area contributed by atoms with Gasteiger partial charge in [0.15, 0.2) is 0 Å². The van der Waals surface area contributed by atoms with Crippen molar-refractivity contribution >= 4 is 23.2 Å². The Morgan fingerprint density at radius 3 is 2.71 bits per heavy atom. The molecule has 1 aromatic carbocycles. The largest absolute Gasteiger partial charge is 0.319 e. The van der Waals surface area contributed by atoms with Crippen molar-refractivity contribution in [3.63, 3.8) is 0 Å². The molecule has 1 unspecified atom stereocenters. The number of aromatic nitrogens is 2. The fraction of sp³-hybridized carbons (Fsp3) is 0.182. The first-order valence-corrected chi connectivity index (χ1v) is 5.64. The first-order chi connectivity index (χ1) is 8.00. The molecule has 0 amide bonds. The van der Waals surface area contributed by atoms with Crippen LogP contribution in [0.3, 0.4) is 0 Å². The average Bonchev–Trinajstić information content (AvgIpc) is 2.61. The fourth-order valence-corrected chi connectivity index (χ4v) is 2.13. The summed E-state index contributed by atoms with van der Waals surface area (Å²) in [5.74, 6) is -0.417. The standard InChI is InChI=1S/C11H10Cl2FN3/c1-17-11(8(13)5-16-17)10(15)7-4-6(12)2-3-9(7)14/h2-5,10H,15H2,1H3. The first kappa shape index (κ1) is 12.4. The van der Waals surface area contributed by atoms with Crippen LogP contribution in [0, 0.1) is 5.82 Å². The van der Waals surface area contributed by atoms with Gasteiger partial charge in [0.1, 0.15) is 5.82 Å². The molecule has 17 heavy (non-hydrogen) atoms. The summed E-state index contributed by atoms with van der Waals surface area (Å²) in [7, 11) is 1.70. The molecule has 2 aromatic rings. The zero-order valence-corrected chi connectivity index (χ0v) is 10.5. The molecule has 0 saturated heterocycles. The Kier molecular flexibility index (Phi) is 3.38. The minimum absolute atomic E-state index is 0.294. The lowest BCUT2D eigenvalue weighted by molar-refractivity contribution is 0.586. The molecule has 0 saturated carbocycles. The summed E-state index contributed by atoms with van der Waals surface area (Å²) >= 11 is 11.8. The molecule has 0 fully saturated rings. The van der Waals surface area contributed by atoms with Crippen LogP contribution in [-0.4, -0.2) is 9.78 Å². The number of halogens is 3. The Hall–Kier alpha value is -1.10. The molecule has 1 atom stereocenters. The number of nitrogens with zero attached hydrogens (tertiary/aromatic N) is 2. The third kappa shape index (κ3) is 2.29. The van der Waals surface area contributed by atoms with E-state index in [0.717, 1.165) is 0 Å². The van der Waals surface area contributed by atoms with Crippen LogP contribution in [0.25, 0.3) is 0 Å². The molecule has 2 N–H and O–H groups in total. The second kappa shape index (κ2) is 4.64. The predicted molar refractivity (Wildman–Crippen MR) is 65.7 cm³/mol. The van der Waals surface area contributed by atoms with Gasteiger partial charge in [-0.05, 0) is 18.2 Å². The van der Waals surface area contributed by atoms with E-state index in [9.17, 15) is 4.39 Å². The Bertz CT molecular complexity index is 534. The van der Waals surface area contributed by atoms with E-state index in [1.165, 1.54) is 29.1 Å². The minimum Gasteiger partial charge on any atom is -0.319 e. The average molecular weight is 274 g/mol. The van der Waals surface area contributed by atoms with Gasteiger partial charge in [-0.15, -0.1) is 0 Å². The maximum atomic E-state index is 13.7. The molecular weight excluding hydrogens is 264 g/mol. The molecule has 6 heteroatoms. The smallest absolute Gasteiger partial charge is 0.128 e. The molecule has 1 aromatic heterocycles. The van der Waals surface area contributed by atoms with Crippen LogP contribution >= 0.6 is 23.2 Å². The third-order valence-electron chi connectivity index (χ3n) is 2.53. The van der Waals surface area contributed by atoms with E-state index in [4.69, 9.17) is 28.9 Å². The molecule has 90 valence electrons. The summed E-state index contributed by atoms with van der Waals surface area (Å²) in [4.78, 5) is 0. The van der Waals surface area contributed by atoms with Gasteiger partial charge in [0.2, 0.25) is 0 Å². The highest BCUT2D eigenvalue weighted by Gasteiger charge is 2.20. The second-order valence-electron chi connectivity index (χ2n) is 3.64. The van der Waals surface area contributed by atoms with E-state index in [1.54, 1.807) is 7.05 Å². The van der Waals surface area contributed by atoms with Gasteiger partial charge < -0.3 is 5.73 Å². The highest BCUT2D eigenvalue weighted by Crippen LogP contribution is 2.28. The summed E-state index contributed by atoms with van der Waals surface area (Å²) in [6, 6.07) is 3.54. The summed E-state index contributed by atoms with van der Waals surface area (Å²) in [6.07, 6.45) is 1.47. The van der Waals surface area contributed by atoms with Gasteiger partial charge in [-0.1, -0.05) is 23.2 Å². The molecular formula is C11H10Cl2FN3. The van der Waals surface area contributed by atoms with Gasteiger partial charge in [0.05, 0.1) is 23.0 Å². The van der Waals surface area contributed by atoms with Crippen molar-refractivity contribution < 1.29 is 4.39 Å². The van der Waals surface area contributed by atoms with Crippen LogP contribution in [0.4, 0.5) is 4.39 Å². The van der Waals surface area contributed by atoms with Gasteiger partial charge in [-0.2, -0.15) is 5.10 Å². The van der Waals surface area contributed by atoms with Crippen molar-refractivity contribution in [1.29, 1.82) is 0 Å². The van der Waals surface area contributed by atoms with Crippen LogP contribution in [0.2, 0.25) is 10.0 Å². The van der Waals surface area contributed by atoms with E-state index < -0.39 is 11.9 Å². The van der Waals surface area contributed by atoms with Gasteiger partial charge >= 0.3 is 0 Å². The molecule has 0 aliphatic heterocycles. The highest BCUT2D eigenvalue weighted by molar-refractivity contribution is 6.31. The van der Waals surface area contributed by atoms with Crippen molar-refractivity contribution in [2.24, 2.45) is 12.8 Å². The minimum atomic E-state index is -0.700. The van der Waals surface area contributed by atoms with Gasteiger partial charge in [-0.25, -0.2) is 4.39 Å². The van der Waals surface area contributed by atoms with E-state index >= 15 is 0 Å². The van der Waals surface area contributed by atoms with E-state index in [0.29, 0.717) is 21.3 Å². The van der Waals surface area contributed by atoms with Gasteiger partial charge in [0, 0.05) is 17.6 Å². The summed E-state index contributed by atoms with van der Waals surface area (Å²) < 4.78 is 15.2. The molecule has 0 spiro atoms. The number of hydrogen-bond donors (Lipinski definition) is 1. The molecule has 2 rings (SSSR count). The Balaban J connectivity index is 2.50. The zero-order chi connectivity index (χ0) is 12.6. The summed E-state index contributed by atoms with van der Waals surface area (Å²) in [6.45, 7) is 0. The van der Waals surface area contributed by atoms with Crippen LogP contribution < -0.4 is 5.73 Å². The monoisotopic (exact) mass is 273 g/mol. The number of rotatable bonds is 2. The maximum Gasteiger partial charge on any atom is 0.128 e. The molecule has 0 aliphatic rings. The van der Waals surface area contributed by atoms with Gasteiger partial charge in [-0.3, -0.25) is 4.68 Å². The lowest BCUT2D eigenvalue weighted by Crippen LogP contribution is -2.17. The van der Waals surface area contributed by atoms with Crippen molar-refractivity contribution in [2.75, 3.05) is 0 Å². The lowest BCUT2D eigenvalue weighted by atomic mass is 10.0. The third-order valence-corrected chi connectivity index (χ3v) is 3.05. The Labute approximate surface area is 108 Å². The summed E-state index contributed by atoms with van der Waals surface area (Å²) in [5, 5.41) is 4.79. The SMILES string of the molecule is Cn1ncc(Cl)c1C(N)c1cc(Cl)ccc1F. The van der Waals surface area contributed by atoms with Crippen LogP contribution in [-0.2, 0) is 7.05 Å². The maximum absolute atomic E-state index is 13.7. The normalized spacial score (nSPS) is 12.8. The predicted octanol–water partition coefficient (Wildman–Crippen LogP) is 2.91. The molecule has 1 heterocycles. The number of benzene rings is 1. The highest BCUT2D eigenvalue weighted by atomic mass is 35.5. The van der Waals surface area contributed by atoms with Crippen molar-refractivity contribution in [3.8, 4) is 0 Å². The molecule has 0 radical (unpaired) electrons. The van der Waals surface area contributed by atoms with Crippen molar-refractivity contribution in [3.05, 3.63) is 51.5 Å².